The molecular weight excluding hydrogens is 340 g/mol. The van der Waals surface area contributed by atoms with E-state index in [0.717, 1.165) is 12.1 Å². The van der Waals surface area contributed by atoms with Crippen LogP contribution in [0.25, 0.3) is 17.1 Å². The molecule has 0 radical (unpaired) electrons. The third-order valence-corrected chi connectivity index (χ3v) is 4.32. The number of hydrogen-bond donors (Lipinski definition) is 1. The summed E-state index contributed by atoms with van der Waals surface area (Å²) in [5, 5.41) is 3.91. The van der Waals surface area contributed by atoms with Crippen LogP contribution in [0.15, 0.2) is 41.9 Å². The highest BCUT2D eigenvalue weighted by molar-refractivity contribution is 8.13. The van der Waals surface area contributed by atoms with Crippen molar-refractivity contribution in [3.63, 3.8) is 0 Å². The molecule has 0 bridgehead atoms. The molecule has 3 rings (SSSR count). The molecule has 0 aliphatic heterocycles. The fourth-order valence-electron chi connectivity index (χ4n) is 1.89. The Kier molecular flexibility index (Phi) is 2.91. The fraction of sp³-hybridized carbons (Fsp3) is 0.0769. The molecule has 2 N–H and O–H groups in total. The first-order valence-electron chi connectivity index (χ1n) is 7.64. The van der Waals surface area contributed by atoms with E-state index in [-0.39, 0.29) is 33.4 Å². The van der Waals surface area contributed by atoms with Crippen LogP contribution in [0, 0.1) is 6.85 Å². The number of rotatable bonds is 3. The number of nitrogen functional groups attached to an aromatic ring is 1. The Hall–Kier alpha value is -2.52. The first-order chi connectivity index (χ1) is 12.1. The van der Waals surface area contributed by atoms with Crippen LogP contribution in [-0.2, 0) is 9.05 Å². The number of anilines is 1. The third-order valence-electron chi connectivity index (χ3n) is 2.97. The van der Waals surface area contributed by atoms with Gasteiger partial charge in [-0.25, -0.2) is 23.4 Å². The maximum atomic E-state index is 11.6. The van der Waals surface area contributed by atoms with E-state index in [1.807, 2.05) is 0 Å². The summed E-state index contributed by atoms with van der Waals surface area (Å²) in [6, 6.07) is 3.43. The zero-order valence-electron chi connectivity index (χ0n) is 14.4. The Morgan fingerprint density at radius 3 is 2.87 bits per heavy atom. The van der Waals surface area contributed by atoms with Gasteiger partial charge in [0.1, 0.15) is 12.7 Å². The van der Waals surface area contributed by atoms with E-state index in [1.54, 1.807) is 0 Å². The first-order valence-corrected chi connectivity index (χ1v) is 8.45. The molecule has 8 nitrogen and oxygen atoms in total. The average Bonchev–Trinajstić information content (AvgIpc) is 3.07. The lowest BCUT2D eigenvalue weighted by molar-refractivity contribution is 0.609. The summed E-state index contributed by atoms with van der Waals surface area (Å²) in [5.74, 6) is 0.159. The number of hydrogen-bond acceptors (Lipinski definition) is 7. The molecule has 1 aromatic carbocycles. The molecule has 3 aromatic rings. The van der Waals surface area contributed by atoms with Crippen LogP contribution in [0.4, 0.5) is 5.82 Å². The number of aromatic nitrogens is 5. The molecule has 0 unspecified atom stereocenters. The van der Waals surface area contributed by atoms with Gasteiger partial charge in [-0.2, -0.15) is 9.78 Å². The van der Waals surface area contributed by atoms with Crippen molar-refractivity contribution in [3.8, 4) is 17.1 Å². The number of halogens is 1. The van der Waals surface area contributed by atoms with Gasteiger partial charge in [0.05, 0.1) is 16.8 Å². The van der Waals surface area contributed by atoms with E-state index in [4.69, 9.17) is 20.5 Å². The zero-order valence-corrected chi connectivity index (χ0v) is 13.0. The highest BCUT2D eigenvalue weighted by Crippen LogP contribution is 2.27. The van der Waals surface area contributed by atoms with Gasteiger partial charge in [-0.15, -0.1) is 0 Å². The largest absolute Gasteiger partial charge is 0.381 e. The van der Waals surface area contributed by atoms with Crippen molar-refractivity contribution in [2.24, 2.45) is 0 Å². The molecule has 0 saturated heterocycles. The topological polar surface area (TPSA) is 117 Å². The van der Waals surface area contributed by atoms with Crippen molar-refractivity contribution >= 4 is 25.6 Å². The maximum absolute atomic E-state index is 11.6. The predicted molar refractivity (Wildman–Crippen MR) is 84.6 cm³/mol. The van der Waals surface area contributed by atoms with E-state index >= 15 is 0 Å². The summed E-state index contributed by atoms with van der Waals surface area (Å²) in [5.41, 5.74) is 5.82. The lowest BCUT2D eigenvalue weighted by Crippen LogP contribution is -2.06. The van der Waals surface area contributed by atoms with Gasteiger partial charge >= 0.3 is 0 Å². The Labute approximate surface area is 140 Å². The normalized spacial score (nSPS) is 14.0. The van der Waals surface area contributed by atoms with Gasteiger partial charge in [0.25, 0.3) is 9.05 Å². The van der Waals surface area contributed by atoms with Gasteiger partial charge in [-0.05, 0) is 24.5 Å². The summed E-state index contributed by atoms with van der Waals surface area (Å²) < 4.78 is 47.5. The van der Waals surface area contributed by atoms with Gasteiger partial charge < -0.3 is 5.73 Å². The third kappa shape index (κ3) is 3.01. The second-order valence-electron chi connectivity index (χ2n) is 4.45. The second-order valence-corrected chi connectivity index (χ2v) is 7.02. The molecule has 0 atom stereocenters. The standard InChI is InChI=1S/C13H11ClN6O2S/c1-8-2-3-9(23(14,21)22)4-10(8)11-5-17-12(15)13(19-11)20-7-16-6-18-20/h2-7H,1H3,(H2,15,17)/i1D3. The molecule has 23 heavy (non-hydrogen) atoms. The van der Waals surface area contributed by atoms with Crippen molar-refractivity contribution in [1.82, 2.24) is 24.7 Å². The summed E-state index contributed by atoms with van der Waals surface area (Å²) in [4.78, 5) is 11.8. The van der Waals surface area contributed by atoms with Gasteiger partial charge in [-0.1, -0.05) is 6.07 Å². The number of nitrogens with two attached hydrogens (primary N) is 1. The molecule has 0 spiro atoms. The Morgan fingerprint density at radius 2 is 2.22 bits per heavy atom. The SMILES string of the molecule is [2H]C([2H])([2H])c1ccc(S(=O)(=O)Cl)cc1-c1cnc(N)c(-n2cncn2)n1. The van der Waals surface area contributed by atoms with E-state index in [1.165, 1.54) is 29.6 Å². The number of nitrogens with zero attached hydrogens (tertiary/aromatic N) is 5. The first kappa shape index (κ1) is 12.0. The monoisotopic (exact) mass is 353 g/mol. The molecule has 118 valence electrons. The van der Waals surface area contributed by atoms with Crippen molar-refractivity contribution < 1.29 is 12.5 Å². The van der Waals surface area contributed by atoms with Gasteiger partial charge in [-0.3, -0.25) is 0 Å². The molecule has 0 amide bonds. The van der Waals surface area contributed by atoms with Crippen LogP contribution in [0.2, 0.25) is 0 Å². The summed E-state index contributed by atoms with van der Waals surface area (Å²) in [7, 11) is 1.31. The Morgan fingerprint density at radius 1 is 1.39 bits per heavy atom. The van der Waals surface area contributed by atoms with Gasteiger partial charge in [0.15, 0.2) is 11.6 Å². The smallest absolute Gasteiger partial charge is 0.261 e. The molecule has 2 heterocycles. The van der Waals surface area contributed by atoms with Gasteiger partial charge in [0, 0.05) is 20.4 Å². The minimum absolute atomic E-state index is 0.0378. The highest BCUT2D eigenvalue weighted by Gasteiger charge is 2.15. The molecule has 2 aromatic heterocycles. The molecule has 0 saturated carbocycles. The summed E-state index contributed by atoms with van der Waals surface area (Å²) in [6.07, 6.45) is 3.85. The van der Waals surface area contributed by atoms with Crippen molar-refractivity contribution in [2.45, 2.75) is 11.7 Å². The molecule has 0 fully saturated rings. The Bertz CT molecular complexity index is 1070. The minimum Gasteiger partial charge on any atom is -0.381 e. The zero-order chi connectivity index (χ0) is 19.1. The Balaban J connectivity index is 2.27. The van der Waals surface area contributed by atoms with Gasteiger partial charge in [0.2, 0.25) is 0 Å². The molecule has 0 aliphatic carbocycles. The number of benzene rings is 1. The number of aryl methyl sites for hydroxylation is 1. The molecule has 10 heteroatoms. The van der Waals surface area contributed by atoms with E-state index in [0.29, 0.717) is 0 Å². The van der Waals surface area contributed by atoms with Crippen LogP contribution >= 0.6 is 10.7 Å². The van der Waals surface area contributed by atoms with Crippen molar-refractivity contribution in [3.05, 3.63) is 42.6 Å². The maximum Gasteiger partial charge on any atom is 0.261 e. The quantitative estimate of drug-likeness (QED) is 0.709. The second kappa shape index (κ2) is 5.60. The lowest BCUT2D eigenvalue weighted by Gasteiger charge is -2.09. The summed E-state index contributed by atoms with van der Waals surface area (Å²) >= 11 is 0. The fourth-order valence-corrected chi connectivity index (χ4v) is 2.67. The van der Waals surface area contributed by atoms with Crippen LogP contribution in [0.1, 0.15) is 9.68 Å². The van der Waals surface area contributed by atoms with Crippen molar-refractivity contribution in [2.75, 3.05) is 5.73 Å². The average molecular weight is 354 g/mol. The minimum atomic E-state index is -4.07. The van der Waals surface area contributed by atoms with E-state index < -0.39 is 15.9 Å². The predicted octanol–water partition coefficient (Wildman–Crippen LogP) is 1.54. The van der Waals surface area contributed by atoms with E-state index in [2.05, 4.69) is 20.1 Å². The van der Waals surface area contributed by atoms with Crippen molar-refractivity contribution in [1.29, 1.82) is 0 Å². The van der Waals surface area contributed by atoms with E-state index in [9.17, 15) is 8.42 Å². The van der Waals surface area contributed by atoms with Crippen LogP contribution in [0.3, 0.4) is 0 Å². The summed E-state index contributed by atoms with van der Waals surface area (Å²) in [6.45, 7) is -2.51. The molecule has 0 aliphatic rings. The lowest BCUT2D eigenvalue weighted by atomic mass is 10.1. The molecular formula is C13H11ClN6O2S. The van der Waals surface area contributed by atoms with Crippen LogP contribution in [-0.4, -0.2) is 33.2 Å². The van der Waals surface area contributed by atoms with Crippen LogP contribution in [0.5, 0.6) is 0 Å². The highest BCUT2D eigenvalue weighted by atomic mass is 35.7. The van der Waals surface area contributed by atoms with Crippen LogP contribution < -0.4 is 5.73 Å².